The van der Waals surface area contributed by atoms with E-state index in [4.69, 9.17) is 4.74 Å². The van der Waals surface area contributed by atoms with Gasteiger partial charge in [-0.15, -0.1) is 13.2 Å². The number of alkyl halides is 3. The van der Waals surface area contributed by atoms with E-state index >= 15 is 0 Å². The molecule has 0 radical (unpaired) electrons. The maximum Gasteiger partial charge on any atom is 0.573 e. The monoisotopic (exact) mass is 336 g/mol. The second-order valence-electron chi connectivity index (χ2n) is 4.84. The normalized spacial score (nSPS) is 11.5. The Labute approximate surface area is 133 Å². The lowest BCUT2D eigenvalue weighted by Crippen LogP contribution is -2.17. The molecule has 24 heavy (non-hydrogen) atoms. The molecule has 124 valence electrons. The standard InChI is InChI=1S/C16H11F3N2O3/c17-16(18,19)24-11-5-3-4-10(8-11)23-9-14-20-13-7-2-1-6-12(13)15(22)21-14/h1-8H,9H2,(H,20,21,22). The van der Waals surface area contributed by atoms with E-state index < -0.39 is 6.36 Å². The SMILES string of the molecule is O=c1[nH]c(COc2cccc(OC(F)(F)F)c2)nc2ccccc12. The molecule has 0 spiro atoms. The van der Waals surface area contributed by atoms with E-state index in [1.807, 2.05) is 0 Å². The van der Waals surface area contributed by atoms with Crippen LogP contribution in [0.1, 0.15) is 5.82 Å². The van der Waals surface area contributed by atoms with Crippen molar-refractivity contribution in [2.24, 2.45) is 0 Å². The van der Waals surface area contributed by atoms with Gasteiger partial charge in [0.1, 0.15) is 23.9 Å². The van der Waals surface area contributed by atoms with Gasteiger partial charge in [-0.05, 0) is 24.3 Å². The van der Waals surface area contributed by atoms with Crippen molar-refractivity contribution in [1.29, 1.82) is 0 Å². The van der Waals surface area contributed by atoms with Crippen LogP contribution in [0.25, 0.3) is 10.9 Å². The van der Waals surface area contributed by atoms with Gasteiger partial charge in [0.25, 0.3) is 5.56 Å². The topological polar surface area (TPSA) is 64.2 Å². The first-order valence-corrected chi connectivity index (χ1v) is 6.87. The predicted molar refractivity (Wildman–Crippen MR) is 79.8 cm³/mol. The molecule has 3 rings (SSSR count). The highest BCUT2D eigenvalue weighted by molar-refractivity contribution is 5.77. The van der Waals surface area contributed by atoms with Crippen molar-refractivity contribution < 1.29 is 22.6 Å². The fraction of sp³-hybridized carbons (Fsp3) is 0.125. The van der Waals surface area contributed by atoms with Crippen LogP contribution in [-0.2, 0) is 6.61 Å². The number of H-pyrrole nitrogens is 1. The van der Waals surface area contributed by atoms with Gasteiger partial charge in [0.2, 0.25) is 0 Å². The molecule has 0 bridgehead atoms. The Morgan fingerprint density at radius 1 is 1.04 bits per heavy atom. The van der Waals surface area contributed by atoms with Crippen LogP contribution < -0.4 is 15.0 Å². The van der Waals surface area contributed by atoms with Gasteiger partial charge in [0.05, 0.1) is 10.9 Å². The van der Waals surface area contributed by atoms with Crippen molar-refractivity contribution in [2.45, 2.75) is 13.0 Å². The summed E-state index contributed by atoms with van der Waals surface area (Å²) in [5, 5.41) is 0.446. The number of rotatable bonds is 4. The first kappa shape index (κ1) is 15.9. The first-order valence-electron chi connectivity index (χ1n) is 6.87. The third-order valence-electron chi connectivity index (χ3n) is 3.08. The molecule has 2 aromatic carbocycles. The van der Waals surface area contributed by atoms with E-state index in [1.54, 1.807) is 24.3 Å². The number of aromatic nitrogens is 2. The number of hydrogen-bond acceptors (Lipinski definition) is 4. The highest BCUT2D eigenvalue weighted by Crippen LogP contribution is 2.26. The summed E-state index contributed by atoms with van der Waals surface area (Å²) < 4.78 is 45.8. The summed E-state index contributed by atoms with van der Waals surface area (Å²) in [6, 6.07) is 11.9. The number of halogens is 3. The Morgan fingerprint density at radius 3 is 2.58 bits per heavy atom. The van der Waals surface area contributed by atoms with E-state index in [9.17, 15) is 18.0 Å². The summed E-state index contributed by atoms with van der Waals surface area (Å²) in [5.74, 6) is 0.0355. The van der Waals surface area contributed by atoms with E-state index in [2.05, 4.69) is 14.7 Å². The molecule has 0 unspecified atom stereocenters. The van der Waals surface area contributed by atoms with Crippen molar-refractivity contribution in [3.63, 3.8) is 0 Å². The van der Waals surface area contributed by atoms with E-state index in [-0.39, 0.29) is 29.5 Å². The van der Waals surface area contributed by atoms with Crippen LogP contribution in [0.3, 0.4) is 0 Å². The van der Waals surface area contributed by atoms with Crippen LogP contribution in [0, 0.1) is 0 Å². The number of aromatic amines is 1. The minimum Gasteiger partial charge on any atom is -0.486 e. The Hall–Kier alpha value is -3.03. The van der Waals surface area contributed by atoms with Gasteiger partial charge in [-0.1, -0.05) is 18.2 Å². The molecule has 3 aromatic rings. The average Bonchev–Trinajstić information content (AvgIpc) is 2.52. The molecule has 0 saturated carbocycles. The molecule has 0 aliphatic carbocycles. The summed E-state index contributed by atoms with van der Waals surface area (Å²) in [6.45, 7) is -0.102. The molecule has 1 N–H and O–H groups in total. The Kier molecular flexibility index (Phi) is 4.11. The Bertz CT molecular complexity index is 922. The summed E-state index contributed by atoms with van der Waals surface area (Å²) in [5.41, 5.74) is 0.197. The number of para-hydroxylation sites is 1. The number of nitrogens with zero attached hydrogens (tertiary/aromatic N) is 1. The predicted octanol–water partition coefficient (Wildman–Crippen LogP) is 3.40. The lowest BCUT2D eigenvalue weighted by molar-refractivity contribution is -0.274. The molecule has 0 aliphatic rings. The summed E-state index contributed by atoms with van der Waals surface area (Å²) in [7, 11) is 0. The number of ether oxygens (including phenoxy) is 2. The molecule has 0 saturated heterocycles. The lowest BCUT2D eigenvalue weighted by atomic mass is 10.2. The van der Waals surface area contributed by atoms with Gasteiger partial charge in [-0.3, -0.25) is 4.79 Å². The van der Waals surface area contributed by atoms with Crippen molar-refractivity contribution in [3.05, 3.63) is 64.7 Å². The fourth-order valence-electron chi connectivity index (χ4n) is 2.12. The molecule has 5 nitrogen and oxygen atoms in total. The van der Waals surface area contributed by atoms with Gasteiger partial charge in [-0.25, -0.2) is 4.98 Å². The van der Waals surface area contributed by atoms with Crippen molar-refractivity contribution in [3.8, 4) is 11.5 Å². The second-order valence-corrected chi connectivity index (χ2v) is 4.84. The minimum absolute atomic E-state index is 0.102. The molecule has 1 aromatic heterocycles. The molecular formula is C16H11F3N2O3. The van der Waals surface area contributed by atoms with Crippen molar-refractivity contribution in [2.75, 3.05) is 0 Å². The highest BCUT2D eigenvalue weighted by Gasteiger charge is 2.31. The third kappa shape index (κ3) is 3.83. The number of fused-ring (bicyclic) bond motifs is 1. The van der Waals surface area contributed by atoms with Crippen LogP contribution in [0.2, 0.25) is 0 Å². The fourth-order valence-corrected chi connectivity index (χ4v) is 2.12. The zero-order valence-electron chi connectivity index (χ0n) is 12.1. The van der Waals surface area contributed by atoms with Crippen molar-refractivity contribution >= 4 is 10.9 Å². The van der Waals surface area contributed by atoms with Gasteiger partial charge < -0.3 is 14.5 Å². The van der Waals surface area contributed by atoms with Gasteiger partial charge >= 0.3 is 6.36 Å². The van der Waals surface area contributed by atoms with Crippen LogP contribution in [0.4, 0.5) is 13.2 Å². The first-order chi connectivity index (χ1) is 11.4. The highest BCUT2D eigenvalue weighted by atomic mass is 19.4. The average molecular weight is 336 g/mol. The van der Waals surface area contributed by atoms with E-state index in [0.717, 1.165) is 12.1 Å². The number of benzene rings is 2. The summed E-state index contributed by atoms with van der Waals surface area (Å²) >= 11 is 0. The molecule has 0 fully saturated rings. The van der Waals surface area contributed by atoms with Gasteiger partial charge in [0, 0.05) is 6.07 Å². The second kappa shape index (κ2) is 6.23. The van der Waals surface area contributed by atoms with Crippen LogP contribution in [-0.4, -0.2) is 16.3 Å². The van der Waals surface area contributed by atoms with E-state index in [1.165, 1.54) is 12.1 Å². The smallest absolute Gasteiger partial charge is 0.486 e. The molecule has 0 amide bonds. The maximum absolute atomic E-state index is 12.2. The summed E-state index contributed by atoms with van der Waals surface area (Å²) in [4.78, 5) is 18.7. The number of hydrogen-bond donors (Lipinski definition) is 1. The molecular weight excluding hydrogens is 325 g/mol. The molecule has 0 atom stereocenters. The molecule has 8 heteroatoms. The largest absolute Gasteiger partial charge is 0.573 e. The zero-order valence-corrected chi connectivity index (χ0v) is 12.1. The van der Waals surface area contributed by atoms with Crippen LogP contribution in [0.5, 0.6) is 11.5 Å². The Morgan fingerprint density at radius 2 is 1.79 bits per heavy atom. The molecule has 1 heterocycles. The number of nitrogens with one attached hydrogen (secondary N) is 1. The van der Waals surface area contributed by atoms with Crippen molar-refractivity contribution in [1.82, 2.24) is 9.97 Å². The minimum atomic E-state index is -4.77. The third-order valence-corrected chi connectivity index (χ3v) is 3.08. The Balaban J connectivity index is 1.76. The van der Waals surface area contributed by atoms with Crippen LogP contribution in [0.15, 0.2) is 53.3 Å². The summed E-state index contributed by atoms with van der Waals surface area (Å²) in [6.07, 6.45) is -4.77. The van der Waals surface area contributed by atoms with E-state index in [0.29, 0.717) is 10.9 Å². The quantitative estimate of drug-likeness (QED) is 0.793. The maximum atomic E-state index is 12.2. The lowest BCUT2D eigenvalue weighted by Gasteiger charge is -2.11. The molecule has 0 aliphatic heterocycles. The zero-order chi connectivity index (χ0) is 17.2. The van der Waals surface area contributed by atoms with Gasteiger partial charge in [0.15, 0.2) is 0 Å². The van der Waals surface area contributed by atoms with Gasteiger partial charge in [-0.2, -0.15) is 0 Å². The van der Waals surface area contributed by atoms with Crippen LogP contribution >= 0.6 is 0 Å².